The predicted molar refractivity (Wildman–Crippen MR) is 132 cm³/mol. The number of carbonyl (C=O) groups excluding carboxylic acids is 2. The van der Waals surface area contributed by atoms with Crippen molar-refractivity contribution in [3.8, 4) is 16.3 Å². The molecular formula is C27H28F3NO4S. The van der Waals surface area contributed by atoms with E-state index in [1.807, 2.05) is 27.7 Å². The molecule has 0 atom stereocenters. The van der Waals surface area contributed by atoms with Crippen molar-refractivity contribution in [1.82, 2.24) is 4.98 Å². The summed E-state index contributed by atoms with van der Waals surface area (Å²) >= 11 is 1.40. The lowest BCUT2D eigenvalue weighted by molar-refractivity contribution is -0.211. The first-order valence-electron chi connectivity index (χ1n) is 11.6. The Balaban J connectivity index is 1.80. The molecule has 0 N–H and O–H groups in total. The molecule has 0 saturated carbocycles. The molecule has 0 saturated heterocycles. The summed E-state index contributed by atoms with van der Waals surface area (Å²) in [5.74, 6) is -0.121. The van der Waals surface area contributed by atoms with Crippen LogP contribution in [0, 0.1) is 6.92 Å². The topological polar surface area (TPSA) is 65.5 Å². The summed E-state index contributed by atoms with van der Waals surface area (Å²) < 4.78 is 38.7. The maximum Gasteiger partial charge on any atom is 0.416 e. The molecule has 3 aromatic rings. The van der Waals surface area contributed by atoms with Gasteiger partial charge in [-0.05, 0) is 55.5 Å². The van der Waals surface area contributed by atoms with Crippen molar-refractivity contribution < 1.29 is 32.5 Å². The SMILES string of the molecule is CCc1c(OOC(C)=O)ccc(C(=O)CCc2sc(-c3ccc(C(F)(F)F)cc3)nc2C(C)C)c1C. The monoisotopic (exact) mass is 519 g/mol. The Morgan fingerprint density at radius 1 is 1.08 bits per heavy atom. The highest BCUT2D eigenvalue weighted by molar-refractivity contribution is 7.15. The van der Waals surface area contributed by atoms with Crippen LogP contribution < -0.4 is 4.89 Å². The minimum absolute atomic E-state index is 0.0413. The van der Waals surface area contributed by atoms with E-state index in [4.69, 9.17) is 4.89 Å². The summed E-state index contributed by atoms with van der Waals surface area (Å²) in [7, 11) is 0. The highest BCUT2D eigenvalue weighted by Crippen LogP contribution is 2.35. The summed E-state index contributed by atoms with van der Waals surface area (Å²) in [6, 6.07) is 8.25. The van der Waals surface area contributed by atoms with Crippen molar-refractivity contribution in [3.05, 3.63) is 69.2 Å². The Kier molecular flexibility index (Phi) is 8.55. The molecule has 0 spiro atoms. The van der Waals surface area contributed by atoms with Crippen LogP contribution in [0.5, 0.6) is 5.75 Å². The van der Waals surface area contributed by atoms with Gasteiger partial charge in [0.15, 0.2) is 11.5 Å². The zero-order valence-corrected chi connectivity index (χ0v) is 21.6. The molecule has 0 bridgehead atoms. The van der Waals surface area contributed by atoms with Crippen LogP contribution >= 0.6 is 11.3 Å². The minimum atomic E-state index is -4.39. The predicted octanol–water partition coefficient (Wildman–Crippen LogP) is 7.50. The maximum atomic E-state index is 13.1. The van der Waals surface area contributed by atoms with E-state index < -0.39 is 17.7 Å². The van der Waals surface area contributed by atoms with Crippen molar-refractivity contribution in [2.75, 3.05) is 0 Å². The summed E-state index contributed by atoms with van der Waals surface area (Å²) in [5.41, 5.74) is 2.88. The van der Waals surface area contributed by atoms with E-state index in [-0.39, 0.29) is 18.1 Å². The minimum Gasteiger partial charge on any atom is -0.294 e. The van der Waals surface area contributed by atoms with Crippen LogP contribution in [0.2, 0.25) is 0 Å². The second-order valence-corrected chi connectivity index (χ2v) is 9.79. The number of Topliss-reactive ketones (excluding diaryl/α,β-unsaturated/α-hetero) is 1. The van der Waals surface area contributed by atoms with Crippen molar-refractivity contribution in [1.29, 1.82) is 0 Å². The first-order chi connectivity index (χ1) is 16.9. The lowest BCUT2D eigenvalue weighted by Crippen LogP contribution is -2.09. The van der Waals surface area contributed by atoms with Gasteiger partial charge in [-0.2, -0.15) is 13.2 Å². The number of carbonyl (C=O) groups is 2. The molecule has 9 heteroatoms. The second-order valence-electron chi connectivity index (χ2n) is 8.71. The number of rotatable bonds is 9. The first kappa shape index (κ1) is 27.4. The van der Waals surface area contributed by atoms with Crippen LogP contribution in [-0.2, 0) is 28.7 Å². The van der Waals surface area contributed by atoms with Gasteiger partial charge < -0.3 is 0 Å². The number of hydrogen-bond donors (Lipinski definition) is 0. The van der Waals surface area contributed by atoms with E-state index in [1.165, 1.54) is 30.4 Å². The van der Waals surface area contributed by atoms with Crippen molar-refractivity contribution in [2.45, 2.75) is 66.0 Å². The van der Waals surface area contributed by atoms with Crippen molar-refractivity contribution >= 4 is 23.1 Å². The van der Waals surface area contributed by atoms with Gasteiger partial charge in [-0.15, -0.1) is 11.3 Å². The number of ketones is 1. The molecule has 36 heavy (non-hydrogen) atoms. The van der Waals surface area contributed by atoms with E-state index in [9.17, 15) is 22.8 Å². The van der Waals surface area contributed by atoms with E-state index in [1.54, 1.807) is 12.1 Å². The summed E-state index contributed by atoms with van der Waals surface area (Å²) in [6.07, 6.45) is -3.08. The van der Waals surface area contributed by atoms with Gasteiger partial charge >= 0.3 is 12.1 Å². The molecule has 0 amide bonds. The van der Waals surface area contributed by atoms with Crippen molar-refractivity contribution in [2.24, 2.45) is 0 Å². The van der Waals surface area contributed by atoms with Crippen LogP contribution in [0.1, 0.15) is 77.7 Å². The van der Waals surface area contributed by atoms with E-state index in [2.05, 4.69) is 9.87 Å². The molecule has 0 aliphatic rings. The first-order valence-corrected chi connectivity index (χ1v) is 12.4. The fraction of sp³-hybridized carbons (Fsp3) is 0.370. The molecule has 0 aliphatic carbocycles. The summed E-state index contributed by atoms with van der Waals surface area (Å²) in [5, 5.41) is 0.631. The molecule has 0 fully saturated rings. The maximum absolute atomic E-state index is 13.1. The van der Waals surface area contributed by atoms with E-state index in [0.29, 0.717) is 34.7 Å². The molecule has 3 rings (SSSR count). The summed E-state index contributed by atoms with van der Waals surface area (Å²) in [6.45, 7) is 8.99. The standard InChI is InChI=1S/C27H28F3NO4S/c1-6-20-16(4)21(11-13-23(20)35-34-17(5)32)22(33)12-14-24-25(15(2)3)31-26(36-24)18-7-9-19(10-8-18)27(28,29)30/h7-11,13,15H,6,12,14H2,1-5H3. The molecule has 0 aliphatic heterocycles. The van der Waals surface area contributed by atoms with Crippen LogP contribution in [0.3, 0.4) is 0 Å². The van der Waals surface area contributed by atoms with Gasteiger partial charge in [-0.3, -0.25) is 14.6 Å². The zero-order chi connectivity index (χ0) is 26.6. The third-order valence-corrected chi connectivity index (χ3v) is 6.95. The van der Waals surface area contributed by atoms with Gasteiger partial charge in [0.1, 0.15) is 5.01 Å². The van der Waals surface area contributed by atoms with E-state index in [0.717, 1.165) is 33.8 Å². The number of aromatic nitrogens is 1. The summed E-state index contributed by atoms with van der Waals surface area (Å²) in [4.78, 5) is 39.6. The Morgan fingerprint density at radius 3 is 2.31 bits per heavy atom. The van der Waals surface area contributed by atoms with Gasteiger partial charge in [0.25, 0.3) is 0 Å². The van der Waals surface area contributed by atoms with Crippen LogP contribution in [0.25, 0.3) is 10.6 Å². The fourth-order valence-corrected chi connectivity index (χ4v) is 5.16. The lowest BCUT2D eigenvalue weighted by atomic mass is 9.94. The molecule has 0 radical (unpaired) electrons. The Hall–Kier alpha value is -3.20. The molecule has 2 aromatic carbocycles. The van der Waals surface area contributed by atoms with Crippen LogP contribution in [0.4, 0.5) is 13.2 Å². The average molecular weight is 520 g/mol. The molecule has 5 nitrogen and oxygen atoms in total. The van der Waals surface area contributed by atoms with Gasteiger partial charge in [-0.25, -0.2) is 9.78 Å². The van der Waals surface area contributed by atoms with Crippen LogP contribution in [-0.4, -0.2) is 16.7 Å². The quantitative estimate of drug-likeness (QED) is 0.166. The number of alkyl halides is 3. The number of hydrogen-bond acceptors (Lipinski definition) is 6. The number of aryl methyl sites for hydroxylation is 1. The zero-order valence-electron chi connectivity index (χ0n) is 20.8. The molecule has 192 valence electrons. The van der Waals surface area contributed by atoms with Gasteiger partial charge in [0, 0.05) is 34.9 Å². The molecular weight excluding hydrogens is 491 g/mol. The Morgan fingerprint density at radius 2 is 1.75 bits per heavy atom. The Bertz CT molecular complexity index is 1250. The van der Waals surface area contributed by atoms with Crippen LogP contribution in [0.15, 0.2) is 36.4 Å². The third-order valence-electron chi connectivity index (χ3n) is 5.77. The lowest BCUT2D eigenvalue weighted by Gasteiger charge is -2.14. The highest BCUT2D eigenvalue weighted by Gasteiger charge is 2.30. The molecule has 1 aromatic heterocycles. The number of thiazole rings is 1. The second kappa shape index (κ2) is 11.2. The smallest absolute Gasteiger partial charge is 0.294 e. The molecule has 0 unspecified atom stereocenters. The largest absolute Gasteiger partial charge is 0.416 e. The highest BCUT2D eigenvalue weighted by atomic mass is 32.1. The van der Waals surface area contributed by atoms with E-state index >= 15 is 0 Å². The Labute approximate surface area is 212 Å². The van der Waals surface area contributed by atoms with Crippen molar-refractivity contribution in [3.63, 3.8) is 0 Å². The van der Waals surface area contributed by atoms with Gasteiger partial charge in [0.05, 0.1) is 11.3 Å². The number of benzene rings is 2. The fourth-order valence-electron chi connectivity index (χ4n) is 3.94. The molecule has 1 heterocycles. The normalized spacial score (nSPS) is 11.6. The van der Waals surface area contributed by atoms with Gasteiger partial charge in [-0.1, -0.05) is 32.9 Å². The van der Waals surface area contributed by atoms with Gasteiger partial charge in [0.2, 0.25) is 0 Å². The average Bonchev–Trinajstić information content (AvgIpc) is 3.25. The third kappa shape index (κ3) is 6.32. The number of nitrogens with zero attached hydrogens (tertiary/aromatic N) is 1. The number of halogens is 3.